The third-order valence-corrected chi connectivity index (χ3v) is 4.82. The molecule has 1 aliphatic heterocycles. The van der Waals surface area contributed by atoms with E-state index in [2.05, 4.69) is 25.6 Å². The fourth-order valence-electron chi connectivity index (χ4n) is 3.46. The molecule has 0 amide bonds. The summed E-state index contributed by atoms with van der Waals surface area (Å²) in [6.45, 7) is 1.89. The van der Waals surface area contributed by atoms with Crippen LogP contribution in [-0.4, -0.2) is 31.0 Å². The van der Waals surface area contributed by atoms with Crippen molar-refractivity contribution in [2.24, 2.45) is 0 Å². The molecule has 0 aromatic carbocycles. The Hall–Kier alpha value is -2.21. The van der Waals surface area contributed by atoms with Crippen molar-refractivity contribution >= 4 is 5.65 Å². The second kappa shape index (κ2) is 5.16. The van der Waals surface area contributed by atoms with Gasteiger partial charge in [-0.3, -0.25) is 4.90 Å². The van der Waals surface area contributed by atoms with Crippen LogP contribution in [0.3, 0.4) is 0 Å². The van der Waals surface area contributed by atoms with Gasteiger partial charge in [0.1, 0.15) is 5.65 Å². The van der Waals surface area contributed by atoms with E-state index >= 15 is 0 Å². The maximum Gasteiger partial charge on any atom is 0.229 e. The number of aromatic nitrogens is 4. The van der Waals surface area contributed by atoms with Crippen LogP contribution in [-0.2, 0) is 6.54 Å². The normalized spacial score (nSPS) is 22.2. The third-order valence-electron chi connectivity index (χ3n) is 4.82. The van der Waals surface area contributed by atoms with E-state index in [0.717, 1.165) is 42.6 Å². The molecule has 0 radical (unpaired) electrons. The van der Waals surface area contributed by atoms with Crippen molar-refractivity contribution in [3.05, 3.63) is 48.0 Å². The molecule has 4 heterocycles. The van der Waals surface area contributed by atoms with Crippen LogP contribution >= 0.6 is 0 Å². The van der Waals surface area contributed by atoms with Crippen molar-refractivity contribution in [1.82, 2.24) is 24.4 Å². The molecule has 1 atom stereocenters. The average molecular weight is 309 g/mol. The summed E-state index contributed by atoms with van der Waals surface area (Å²) in [6.07, 6.45) is 8.79. The van der Waals surface area contributed by atoms with E-state index in [9.17, 15) is 0 Å². The Balaban J connectivity index is 1.37. The Bertz CT molecular complexity index is 801. The zero-order chi connectivity index (χ0) is 15.2. The van der Waals surface area contributed by atoms with E-state index in [0.29, 0.717) is 5.92 Å². The van der Waals surface area contributed by atoms with Gasteiger partial charge in [-0.1, -0.05) is 11.2 Å². The van der Waals surface area contributed by atoms with Gasteiger partial charge in [0.25, 0.3) is 0 Å². The number of fused-ring (bicyclic) bond motifs is 1. The zero-order valence-electron chi connectivity index (χ0n) is 12.9. The highest BCUT2D eigenvalue weighted by atomic mass is 16.5. The van der Waals surface area contributed by atoms with Crippen molar-refractivity contribution in [2.45, 2.75) is 44.2 Å². The molecule has 0 N–H and O–H groups in total. The Morgan fingerprint density at radius 3 is 3.00 bits per heavy atom. The van der Waals surface area contributed by atoms with Crippen LogP contribution in [0.2, 0.25) is 0 Å². The van der Waals surface area contributed by atoms with E-state index in [-0.39, 0.29) is 6.04 Å². The molecule has 1 aliphatic carbocycles. The lowest BCUT2D eigenvalue weighted by Crippen LogP contribution is -2.23. The number of rotatable bonds is 4. The van der Waals surface area contributed by atoms with Crippen LogP contribution in [0.25, 0.3) is 5.65 Å². The molecule has 6 heteroatoms. The molecule has 3 aromatic heterocycles. The fraction of sp³-hybridized carbons (Fsp3) is 0.471. The van der Waals surface area contributed by atoms with E-state index in [1.807, 2.05) is 24.4 Å². The second-order valence-electron chi connectivity index (χ2n) is 6.59. The Kier molecular flexibility index (Phi) is 2.97. The van der Waals surface area contributed by atoms with Crippen molar-refractivity contribution in [1.29, 1.82) is 0 Å². The Labute approximate surface area is 134 Å². The minimum Gasteiger partial charge on any atom is -0.339 e. The summed E-state index contributed by atoms with van der Waals surface area (Å²) in [7, 11) is 0. The van der Waals surface area contributed by atoms with Gasteiger partial charge in [0, 0.05) is 24.9 Å². The lowest BCUT2D eigenvalue weighted by Gasteiger charge is -2.20. The topological polar surface area (TPSA) is 59.5 Å². The molecule has 6 nitrogen and oxygen atoms in total. The van der Waals surface area contributed by atoms with E-state index < -0.39 is 0 Å². The number of hydrogen-bond acceptors (Lipinski definition) is 5. The largest absolute Gasteiger partial charge is 0.339 e. The molecule has 1 saturated heterocycles. The second-order valence-corrected chi connectivity index (χ2v) is 6.59. The van der Waals surface area contributed by atoms with E-state index in [1.165, 1.54) is 19.3 Å². The molecule has 2 aliphatic rings. The van der Waals surface area contributed by atoms with E-state index in [4.69, 9.17) is 9.51 Å². The number of likely N-dealkylation sites (tertiary alicyclic amines) is 1. The summed E-state index contributed by atoms with van der Waals surface area (Å²) in [5.74, 6) is 2.21. The summed E-state index contributed by atoms with van der Waals surface area (Å²) in [5.41, 5.74) is 2.09. The first-order valence-electron chi connectivity index (χ1n) is 8.37. The molecular formula is C17H19N5O. The highest BCUT2D eigenvalue weighted by Gasteiger charge is 2.34. The summed E-state index contributed by atoms with van der Waals surface area (Å²) in [5, 5.41) is 4.24. The number of pyridine rings is 1. The van der Waals surface area contributed by atoms with Crippen molar-refractivity contribution in [3.8, 4) is 0 Å². The van der Waals surface area contributed by atoms with Crippen LogP contribution in [0.1, 0.15) is 55.1 Å². The zero-order valence-corrected chi connectivity index (χ0v) is 12.9. The lowest BCUT2D eigenvalue weighted by molar-refractivity contribution is 0.232. The van der Waals surface area contributed by atoms with Crippen LogP contribution in [0, 0.1) is 0 Å². The van der Waals surface area contributed by atoms with Gasteiger partial charge >= 0.3 is 0 Å². The van der Waals surface area contributed by atoms with Crippen molar-refractivity contribution in [2.75, 3.05) is 6.54 Å². The molecule has 2 fully saturated rings. The lowest BCUT2D eigenvalue weighted by atomic mass is 10.2. The fourth-order valence-corrected chi connectivity index (χ4v) is 3.46. The molecule has 1 saturated carbocycles. The number of nitrogens with zero attached hydrogens (tertiary/aromatic N) is 5. The number of imidazole rings is 1. The predicted octanol–water partition coefficient (Wildman–Crippen LogP) is 2.93. The molecule has 0 spiro atoms. The van der Waals surface area contributed by atoms with Gasteiger partial charge in [-0.05, 0) is 44.4 Å². The molecule has 118 valence electrons. The molecule has 0 bridgehead atoms. The van der Waals surface area contributed by atoms with E-state index in [1.54, 1.807) is 0 Å². The van der Waals surface area contributed by atoms with Gasteiger partial charge in [0.05, 0.1) is 11.7 Å². The average Bonchev–Trinajstić information content (AvgIpc) is 3.00. The molecule has 3 aromatic rings. The molecule has 5 rings (SSSR count). The molecule has 0 unspecified atom stereocenters. The minimum atomic E-state index is 0.260. The van der Waals surface area contributed by atoms with Gasteiger partial charge < -0.3 is 8.92 Å². The summed E-state index contributed by atoms with van der Waals surface area (Å²) < 4.78 is 7.51. The van der Waals surface area contributed by atoms with Crippen LogP contribution in [0.4, 0.5) is 0 Å². The van der Waals surface area contributed by atoms with Crippen LogP contribution < -0.4 is 0 Å². The molecule has 23 heavy (non-hydrogen) atoms. The first-order chi connectivity index (χ1) is 11.4. The quantitative estimate of drug-likeness (QED) is 0.741. The smallest absolute Gasteiger partial charge is 0.229 e. The Morgan fingerprint density at radius 1 is 1.17 bits per heavy atom. The van der Waals surface area contributed by atoms with Crippen molar-refractivity contribution in [3.63, 3.8) is 0 Å². The van der Waals surface area contributed by atoms with Gasteiger partial charge in [0.15, 0.2) is 5.82 Å². The predicted molar refractivity (Wildman–Crippen MR) is 83.9 cm³/mol. The standard InChI is InChI=1S/C17H19N5O/c1-2-8-22-11-13(18-15(22)5-1)10-21-9-3-4-14(21)16-19-17(23-20-16)12-6-7-12/h1-2,5,8,11-12,14H,3-4,6-7,9-10H2/t14-/m0/s1. The highest BCUT2D eigenvalue weighted by molar-refractivity contribution is 5.39. The third kappa shape index (κ3) is 2.43. The van der Waals surface area contributed by atoms with Gasteiger partial charge in [-0.2, -0.15) is 4.98 Å². The maximum atomic E-state index is 5.44. The van der Waals surface area contributed by atoms with Crippen LogP contribution in [0.15, 0.2) is 35.1 Å². The van der Waals surface area contributed by atoms with Crippen LogP contribution in [0.5, 0.6) is 0 Å². The monoisotopic (exact) mass is 309 g/mol. The summed E-state index contributed by atoms with van der Waals surface area (Å²) >= 11 is 0. The van der Waals surface area contributed by atoms with Gasteiger partial charge in [-0.15, -0.1) is 0 Å². The first kappa shape index (κ1) is 13.2. The minimum absolute atomic E-state index is 0.260. The SMILES string of the molecule is c1ccn2cc(CN3CCC[C@H]3c3noc(C4CC4)n3)nc2c1. The Morgan fingerprint density at radius 2 is 2.13 bits per heavy atom. The highest BCUT2D eigenvalue weighted by Crippen LogP contribution is 2.40. The number of hydrogen-bond donors (Lipinski definition) is 0. The maximum absolute atomic E-state index is 5.44. The summed E-state index contributed by atoms with van der Waals surface area (Å²) in [6, 6.07) is 6.34. The first-order valence-corrected chi connectivity index (χ1v) is 8.37. The van der Waals surface area contributed by atoms with Gasteiger partial charge in [-0.25, -0.2) is 4.98 Å². The van der Waals surface area contributed by atoms with Gasteiger partial charge in [0.2, 0.25) is 5.89 Å². The molecular weight excluding hydrogens is 290 g/mol. The summed E-state index contributed by atoms with van der Waals surface area (Å²) in [4.78, 5) is 11.8. The van der Waals surface area contributed by atoms with Crippen molar-refractivity contribution < 1.29 is 4.52 Å².